The summed E-state index contributed by atoms with van der Waals surface area (Å²) in [6, 6.07) is 4.48. The van der Waals surface area contributed by atoms with Crippen LogP contribution in [0.3, 0.4) is 0 Å². The molecule has 192 valence electrons. The third-order valence-corrected chi connectivity index (χ3v) is 3.95. The third-order valence-electron chi connectivity index (χ3n) is 3.95. The Labute approximate surface area is 198 Å². The van der Waals surface area contributed by atoms with Crippen LogP contribution in [-0.2, 0) is 0 Å². The molecule has 0 heterocycles. The van der Waals surface area contributed by atoms with Gasteiger partial charge in [-0.25, -0.2) is 35.5 Å². The zero-order valence-corrected chi connectivity index (χ0v) is 18.3. The average Bonchev–Trinajstić information content (AvgIpc) is 2.82. The highest BCUT2D eigenvalue weighted by molar-refractivity contribution is 5.87. The van der Waals surface area contributed by atoms with Crippen LogP contribution in [0, 0.1) is 40.7 Å². The Morgan fingerprint density at radius 1 is 0.639 bits per heavy atom. The van der Waals surface area contributed by atoms with Gasteiger partial charge in [-0.1, -0.05) is 0 Å². The molecular formula is C23H15F7O6. The van der Waals surface area contributed by atoms with E-state index in [1.54, 1.807) is 0 Å². The summed E-state index contributed by atoms with van der Waals surface area (Å²) in [4.78, 5) is 30.4. The van der Waals surface area contributed by atoms with Crippen LogP contribution in [0.5, 0.6) is 11.5 Å². The molecule has 13 heteroatoms. The Bertz CT molecular complexity index is 1190. The van der Waals surface area contributed by atoms with Crippen LogP contribution in [0.4, 0.5) is 30.7 Å². The lowest BCUT2D eigenvalue weighted by Crippen LogP contribution is -2.01. The largest absolute Gasteiger partial charge is 0.491 e. The molecule has 0 spiro atoms. The fraction of sp³-hybridized carbons (Fsp3) is 0.0870. The van der Waals surface area contributed by atoms with Crippen molar-refractivity contribution < 1.29 is 59.7 Å². The number of carboxylic acids is 1. The molecule has 3 aromatic carbocycles. The summed E-state index contributed by atoms with van der Waals surface area (Å²) in [5.41, 5.74) is -0.719. The van der Waals surface area contributed by atoms with E-state index in [0.717, 1.165) is 26.4 Å². The van der Waals surface area contributed by atoms with Crippen molar-refractivity contribution in [3.63, 3.8) is 0 Å². The Morgan fingerprint density at radius 3 is 1.22 bits per heavy atom. The molecule has 1 N–H and O–H groups in total. The number of halogens is 7. The van der Waals surface area contributed by atoms with Gasteiger partial charge in [0.15, 0.2) is 52.2 Å². The number of carbonyl (C=O) groups is 3. The van der Waals surface area contributed by atoms with Crippen molar-refractivity contribution >= 4 is 18.5 Å². The first-order chi connectivity index (χ1) is 16.9. The summed E-state index contributed by atoms with van der Waals surface area (Å²) in [5, 5.41) is 8.42. The van der Waals surface area contributed by atoms with Crippen molar-refractivity contribution in [1.29, 1.82) is 0 Å². The quantitative estimate of drug-likeness (QED) is 0.276. The maximum atomic E-state index is 12.8. The van der Waals surface area contributed by atoms with E-state index < -0.39 is 63.8 Å². The van der Waals surface area contributed by atoms with E-state index in [1.807, 2.05) is 0 Å². The minimum Gasteiger partial charge on any atom is -0.491 e. The zero-order chi connectivity index (χ0) is 27.6. The van der Waals surface area contributed by atoms with Crippen molar-refractivity contribution in [1.82, 2.24) is 0 Å². The van der Waals surface area contributed by atoms with Crippen LogP contribution < -0.4 is 9.47 Å². The summed E-state index contributed by atoms with van der Waals surface area (Å²) in [7, 11) is 2.25. The second-order valence-corrected chi connectivity index (χ2v) is 6.33. The number of ether oxygens (including phenoxy) is 2. The summed E-state index contributed by atoms with van der Waals surface area (Å²) >= 11 is 0. The van der Waals surface area contributed by atoms with Crippen molar-refractivity contribution in [2.45, 2.75) is 0 Å². The van der Waals surface area contributed by atoms with Gasteiger partial charge in [-0.3, -0.25) is 9.59 Å². The first kappa shape index (κ1) is 29.6. The fourth-order valence-electron chi connectivity index (χ4n) is 2.36. The normalized spacial score (nSPS) is 9.69. The zero-order valence-electron chi connectivity index (χ0n) is 18.3. The van der Waals surface area contributed by atoms with Crippen molar-refractivity contribution in [3.05, 3.63) is 93.8 Å². The van der Waals surface area contributed by atoms with Crippen LogP contribution in [0.1, 0.15) is 31.1 Å². The number of carboxylic acid groups (broad SMARTS) is 1. The van der Waals surface area contributed by atoms with Gasteiger partial charge in [-0.2, -0.15) is 0 Å². The molecule has 0 saturated carbocycles. The molecule has 0 aliphatic carbocycles. The lowest BCUT2D eigenvalue weighted by Gasteiger charge is -2.03. The molecule has 0 fully saturated rings. The molecule has 36 heavy (non-hydrogen) atoms. The van der Waals surface area contributed by atoms with E-state index in [0.29, 0.717) is 30.6 Å². The van der Waals surface area contributed by atoms with Gasteiger partial charge in [0.25, 0.3) is 0 Å². The second-order valence-electron chi connectivity index (χ2n) is 6.33. The van der Waals surface area contributed by atoms with Crippen molar-refractivity contribution in [3.8, 4) is 11.5 Å². The number of hydrogen-bond donors (Lipinski definition) is 1. The predicted octanol–water partition coefficient (Wildman–Crippen LogP) is 5.37. The first-order valence-electron chi connectivity index (χ1n) is 9.24. The third kappa shape index (κ3) is 7.82. The van der Waals surface area contributed by atoms with E-state index in [4.69, 9.17) is 5.11 Å². The van der Waals surface area contributed by atoms with E-state index in [1.165, 1.54) is 0 Å². The molecule has 0 bridgehead atoms. The number of aldehydes is 2. The van der Waals surface area contributed by atoms with Gasteiger partial charge in [0, 0.05) is 11.1 Å². The number of benzene rings is 3. The number of methoxy groups -OCH3 is 2. The Kier molecular flexibility index (Phi) is 11.1. The predicted molar refractivity (Wildman–Crippen MR) is 110 cm³/mol. The molecule has 0 amide bonds. The highest BCUT2D eigenvalue weighted by Crippen LogP contribution is 2.23. The van der Waals surface area contributed by atoms with Crippen LogP contribution >= 0.6 is 0 Å². The van der Waals surface area contributed by atoms with Crippen LogP contribution in [-0.4, -0.2) is 37.9 Å². The topological polar surface area (TPSA) is 89.9 Å². The van der Waals surface area contributed by atoms with Gasteiger partial charge in [0.1, 0.15) is 12.6 Å². The maximum absolute atomic E-state index is 12.8. The van der Waals surface area contributed by atoms with Crippen LogP contribution in [0.25, 0.3) is 0 Å². The lowest BCUT2D eigenvalue weighted by molar-refractivity contribution is 0.0695. The van der Waals surface area contributed by atoms with E-state index in [-0.39, 0.29) is 17.4 Å². The van der Waals surface area contributed by atoms with Gasteiger partial charge in [-0.15, -0.1) is 0 Å². The smallest absolute Gasteiger partial charge is 0.335 e. The molecule has 3 rings (SSSR count). The van der Waals surface area contributed by atoms with Gasteiger partial charge in [0.2, 0.25) is 0 Å². The van der Waals surface area contributed by atoms with Crippen molar-refractivity contribution in [2.75, 3.05) is 14.2 Å². The van der Waals surface area contributed by atoms with Gasteiger partial charge in [0.05, 0.1) is 19.8 Å². The Hall–Kier alpha value is -4.42. The number of carbonyl (C=O) groups excluding carboxylic acids is 2. The second kappa shape index (κ2) is 13.5. The maximum Gasteiger partial charge on any atom is 0.335 e. The lowest BCUT2D eigenvalue weighted by atomic mass is 10.2. The molecule has 3 aromatic rings. The number of aromatic carboxylic acids is 1. The van der Waals surface area contributed by atoms with Gasteiger partial charge >= 0.3 is 5.97 Å². The Morgan fingerprint density at radius 2 is 0.944 bits per heavy atom. The minimum absolute atomic E-state index is 0.0502. The van der Waals surface area contributed by atoms with E-state index in [2.05, 4.69) is 9.47 Å². The minimum atomic E-state index is -1.56. The first-order valence-corrected chi connectivity index (χ1v) is 9.24. The van der Waals surface area contributed by atoms with Gasteiger partial charge < -0.3 is 14.6 Å². The average molecular weight is 520 g/mol. The molecule has 0 saturated heterocycles. The number of hydrogen-bond acceptors (Lipinski definition) is 5. The summed E-state index contributed by atoms with van der Waals surface area (Å²) < 4.78 is 96.7. The van der Waals surface area contributed by atoms with Gasteiger partial charge in [-0.05, 0) is 36.4 Å². The van der Waals surface area contributed by atoms with E-state index >= 15 is 0 Å². The molecule has 0 aliphatic heterocycles. The van der Waals surface area contributed by atoms with Crippen LogP contribution in [0.2, 0.25) is 0 Å². The summed E-state index contributed by atoms with van der Waals surface area (Å²) in [5.74, 6) is -10.5. The monoisotopic (exact) mass is 520 g/mol. The molecular weight excluding hydrogens is 505 g/mol. The molecule has 0 atom stereocenters. The highest BCUT2D eigenvalue weighted by atomic mass is 19.2. The molecule has 0 unspecified atom stereocenters. The summed E-state index contributed by atoms with van der Waals surface area (Å²) in [6.45, 7) is 0. The standard InChI is InChI=1S/C8H6F2O3.C8H6F2O2.C7H3F3O/c1-13-7-5(9)2-4(8(11)12)3-6(7)10;1-12-8-6(9)2-5(4-11)3-7(8)10;8-5-1-4(3-11)2-6(9)7(5)10/h2-3H,1H3,(H,11,12);2-4H,1H3;1-3H. The summed E-state index contributed by atoms with van der Waals surface area (Å²) in [6.07, 6.45) is 0.608. The fourth-order valence-corrected chi connectivity index (χ4v) is 2.36. The number of rotatable bonds is 5. The highest BCUT2D eigenvalue weighted by Gasteiger charge is 2.14. The van der Waals surface area contributed by atoms with E-state index in [9.17, 15) is 45.1 Å². The SMILES string of the molecule is COc1c(F)cc(C(=O)O)cc1F.COc1c(F)cc(C=O)cc1F.O=Cc1cc(F)c(F)c(F)c1. The van der Waals surface area contributed by atoms with Crippen LogP contribution in [0.15, 0.2) is 36.4 Å². The molecule has 6 nitrogen and oxygen atoms in total. The molecule has 0 radical (unpaired) electrons. The van der Waals surface area contributed by atoms with Crippen molar-refractivity contribution in [2.24, 2.45) is 0 Å². The molecule has 0 aliphatic rings. The Balaban J connectivity index is 0.000000271. The molecule has 0 aromatic heterocycles.